The number of rotatable bonds is 4. The molecule has 0 N–H and O–H groups in total. The van der Waals surface area contributed by atoms with E-state index < -0.39 is 17.6 Å². The van der Waals surface area contributed by atoms with Crippen LogP contribution in [0, 0.1) is 0 Å². The molecule has 0 aliphatic rings. The third-order valence-corrected chi connectivity index (χ3v) is 4.59. The van der Waals surface area contributed by atoms with Crippen LogP contribution in [0.2, 0.25) is 0 Å². The fourth-order valence-electron chi connectivity index (χ4n) is 3.14. The summed E-state index contributed by atoms with van der Waals surface area (Å²) in [6.07, 6.45) is 2.10. The Morgan fingerprint density at radius 2 is 1.42 bits per heavy atom. The van der Waals surface area contributed by atoms with E-state index in [0.717, 1.165) is 4.90 Å². The highest BCUT2D eigenvalue weighted by Gasteiger charge is 2.35. The Morgan fingerprint density at radius 1 is 0.848 bits per heavy atom. The van der Waals surface area contributed by atoms with Gasteiger partial charge in [-0.15, -0.1) is 0 Å². The number of nitrogens with zero attached hydrogens (tertiary/aromatic N) is 3. The summed E-state index contributed by atoms with van der Waals surface area (Å²) in [6.45, 7) is 5.19. The lowest BCUT2D eigenvalue weighted by molar-refractivity contribution is 0.0558. The molecule has 7 heteroatoms. The van der Waals surface area contributed by atoms with E-state index in [1.165, 1.54) is 24.5 Å². The number of hydrogen-bond acceptors (Lipinski definition) is 6. The van der Waals surface area contributed by atoms with Crippen molar-refractivity contribution < 1.29 is 18.7 Å². The van der Waals surface area contributed by atoms with Crippen LogP contribution in [0.1, 0.15) is 31.1 Å². The van der Waals surface area contributed by atoms with Crippen LogP contribution < -0.4 is 4.90 Å². The van der Waals surface area contributed by atoms with Crippen LogP contribution in [0.3, 0.4) is 0 Å². The van der Waals surface area contributed by atoms with Gasteiger partial charge in [-0.3, -0.25) is 9.78 Å². The standard InChI is InChI=1S/C26H23N3O4/c1-26(2,3)33-25(31)29(23(30)20-14-16-27-17-15-20)24-21(18-10-6-4-7-11-18)28-22(32-24)19-12-8-5-9-13-19/h4-17H,1-3H3. The highest BCUT2D eigenvalue weighted by molar-refractivity contribution is 6.19. The molecule has 33 heavy (non-hydrogen) atoms. The summed E-state index contributed by atoms with van der Waals surface area (Å²) in [5.74, 6) is -0.351. The van der Waals surface area contributed by atoms with Crippen LogP contribution >= 0.6 is 0 Å². The molecular formula is C26H23N3O4. The molecule has 166 valence electrons. The molecule has 0 aliphatic heterocycles. The average Bonchev–Trinajstić information content (AvgIpc) is 3.24. The summed E-state index contributed by atoms with van der Waals surface area (Å²) in [5, 5.41) is 0. The van der Waals surface area contributed by atoms with E-state index in [-0.39, 0.29) is 17.3 Å². The number of pyridine rings is 1. The van der Waals surface area contributed by atoms with Crippen LogP contribution in [-0.4, -0.2) is 27.6 Å². The van der Waals surface area contributed by atoms with Crippen molar-refractivity contribution in [2.24, 2.45) is 0 Å². The smallest absolute Gasteiger partial charge is 0.424 e. The van der Waals surface area contributed by atoms with E-state index in [0.29, 0.717) is 16.8 Å². The SMILES string of the molecule is CC(C)(C)OC(=O)N(C(=O)c1ccncc1)c1oc(-c2ccccc2)nc1-c1ccccc1. The van der Waals surface area contributed by atoms with Crippen molar-refractivity contribution in [3.05, 3.63) is 90.8 Å². The number of oxazole rings is 1. The molecule has 0 saturated heterocycles. The molecule has 0 radical (unpaired) electrons. The molecule has 2 aromatic heterocycles. The molecule has 0 unspecified atom stereocenters. The van der Waals surface area contributed by atoms with Crippen LogP contribution in [0.5, 0.6) is 0 Å². The molecule has 0 spiro atoms. The fourth-order valence-corrected chi connectivity index (χ4v) is 3.14. The Hall–Kier alpha value is -4.26. The van der Waals surface area contributed by atoms with E-state index in [1.54, 1.807) is 20.8 Å². The number of carbonyl (C=O) groups excluding carboxylic acids is 2. The minimum Gasteiger partial charge on any atom is -0.443 e. The zero-order valence-electron chi connectivity index (χ0n) is 18.6. The largest absolute Gasteiger partial charge is 0.443 e. The monoisotopic (exact) mass is 441 g/mol. The van der Waals surface area contributed by atoms with Gasteiger partial charge in [0.2, 0.25) is 11.8 Å². The number of benzene rings is 2. The normalized spacial score (nSPS) is 11.1. The maximum Gasteiger partial charge on any atom is 0.424 e. The van der Waals surface area contributed by atoms with Crippen LogP contribution in [0.4, 0.5) is 10.7 Å². The van der Waals surface area contributed by atoms with Crippen molar-refractivity contribution in [1.82, 2.24) is 9.97 Å². The second-order valence-electron chi connectivity index (χ2n) is 8.26. The number of amides is 2. The van der Waals surface area contributed by atoms with Crippen LogP contribution in [0.25, 0.3) is 22.7 Å². The Labute approximate surface area is 191 Å². The third-order valence-electron chi connectivity index (χ3n) is 4.59. The topological polar surface area (TPSA) is 85.5 Å². The molecule has 2 amide bonds. The van der Waals surface area contributed by atoms with Gasteiger partial charge >= 0.3 is 6.09 Å². The van der Waals surface area contributed by atoms with Gasteiger partial charge in [0, 0.05) is 29.1 Å². The quantitative estimate of drug-likeness (QED) is 0.387. The molecule has 0 aliphatic carbocycles. The van der Waals surface area contributed by atoms with E-state index in [4.69, 9.17) is 9.15 Å². The first-order valence-corrected chi connectivity index (χ1v) is 10.4. The number of aromatic nitrogens is 2. The maximum atomic E-state index is 13.5. The molecular weight excluding hydrogens is 418 g/mol. The summed E-state index contributed by atoms with van der Waals surface area (Å²) < 4.78 is 11.6. The first kappa shape index (κ1) is 22.0. The maximum absolute atomic E-state index is 13.5. The number of imide groups is 1. The van der Waals surface area contributed by atoms with E-state index in [2.05, 4.69) is 9.97 Å². The Morgan fingerprint density at radius 3 is 2.00 bits per heavy atom. The number of hydrogen-bond donors (Lipinski definition) is 0. The molecule has 4 rings (SSSR count). The summed E-state index contributed by atoms with van der Waals surface area (Å²) in [7, 11) is 0. The van der Waals surface area contributed by atoms with E-state index in [9.17, 15) is 9.59 Å². The number of carbonyl (C=O) groups is 2. The third kappa shape index (κ3) is 4.98. The lowest BCUT2D eigenvalue weighted by Crippen LogP contribution is -2.41. The Balaban J connectivity index is 1.90. The second kappa shape index (κ2) is 9.08. The minimum absolute atomic E-state index is 0.0175. The van der Waals surface area contributed by atoms with Gasteiger partial charge in [-0.1, -0.05) is 48.5 Å². The molecule has 0 saturated carbocycles. The van der Waals surface area contributed by atoms with Crippen LogP contribution in [0.15, 0.2) is 89.6 Å². The summed E-state index contributed by atoms with van der Waals surface area (Å²) >= 11 is 0. The van der Waals surface area contributed by atoms with Crippen molar-refractivity contribution in [1.29, 1.82) is 0 Å². The molecule has 4 aromatic rings. The molecule has 2 aromatic carbocycles. The predicted molar refractivity (Wildman–Crippen MR) is 125 cm³/mol. The Kier molecular flexibility index (Phi) is 6.04. The average molecular weight is 441 g/mol. The number of anilines is 1. The highest BCUT2D eigenvalue weighted by Crippen LogP contribution is 2.36. The molecule has 7 nitrogen and oxygen atoms in total. The van der Waals surface area contributed by atoms with Gasteiger partial charge in [-0.2, -0.15) is 4.90 Å². The van der Waals surface area contributed by atoms with Crippen molar-refractivity contribution in [2.45, 2.75) is 26.4 Å². The molecule has 2 heterocycles. The van der Waals surface area contributed by atoms with Crippen molar-refractivity contribution in [3.63, 3.8) is 0 Å². The van der Waals surface area contributed by atoms with Gasteiger partial charge < -0.3 is 9.15 Å². The van der Waals surface area contributed by atoms with Crippen molar-refractivity contribution >= 4 is 17.9 Å². The highest BCUT2D eigenvalue weighted by atomic mass is 16.6. The zero-order valence-corrected chi connectivity index (χ0v) is 18.6. The lowest BCUT2D eigenvalue weighted by Gasteiger charge is -2.25. The van der Waals surface area contributed by atoms with Crippen molar-refractivity contribution in [3.8, 4) is 22.7 Å². The first-order chi connectivity index (χ1) is 15.8. The summed E-state index contributed by atoms with van der Waals surface area (Å²) in [5.41, 5.74) is 1.18. The minimum atomic E-state index is -0.864. The van der Waals surface area contributed by atoms with E-state index >= 15 is 0 Å². The number of ether oxygens (including phenoxy) is 1. The molecule has 0 fully saturated rings. The van der Waals surface area contributed by atoms with Gasteiger partial charge in [0.05, 0.1) is 0 Å². The fraction of sp³-hybridized carbons (Fsp3) is 0.154. The summed E-state index contributed by atoms with van der Waals surface area (Å²) in [6, 6.07) is 21.6. The Bertz CT molecular complexity index is 1250. The molecule has 0 atom stereocenters. The van der Waals surface area contributed by atoms with Crippen LogP contribution in [-0.2, 0) is 4.74 Å². The van der Waals surface area contributed by atoms with Gasteiger partial charge in [0.15, 0.2) is 0 Å². The van der Waals surface area contributed by atoms with Gasteiger partial charge in [0.1, 0.15) is 11.3 Å². The second-order valence-corrected chi connectivity index (χ2v) is 8.26. The van der Waals surface area contributed by atoms with Crippen molar-refractivity contribution in [2.75, 3.05) is 4.90 Å². The van der Waals surface area contributed by atoms with Gasteiger partial charge in [0.25, 0.3) is 5.91 Å². The molecule has 0 bridgehead atoms. The van der Waals surface area contributed by atoms with Gasteiger partial charge in [-0.25, -0.2) is 9.78 Å². The first-order valence-electron chi connectivity index (χ1n) is 10.4. The predicted octanol–water partition coefficient (Wildman–Crippen LogP) is 5.99. The zero-order chi connectivity index (χ0) is 23.4. The lowest BCUT2D eigenvalue weighted by atomic mass is 10.1. The van der Waals surface area contributed by atoms with Gasteiger partial charge in [-0.05, 0) is 45.0 Å². The van der Waals surface area contributed by atoms with E-state index in [1.807, 2.05) is 60.7 Å². The summed E-state index contributed by atoms with van der Waals surface area (Å²) in [4.78, 5) is 36.3.